The van der Waals surface area contributed by atoms with Gasteiger partial charge < -0.3 is 9.72 Å². The molecule has 0 bridgehead atoms. The Morgan fingerprint density at radius 3 is 2.64 bits per heavy atom. The molecular weight excluding hydrogens is 534 g/mol. The quantitative estimate of drug-likeness (QED) is 0.300. The zero-order chi connectivity index (χ0) is 27.0. The van der Waals surface area contributed by atoms with Gasteiger partial charge in [-0.2, -0.15) is 0 Å². The number of nitrogens with zero attached hydrogens (tertiary/aromatic N) is 4. The molecular formula is C29H34ClN5O3S. The lowest BCUT2D eigenvalue weighted by Gasteiger charge is -2.34. The van der Waals surface area contributed by atoms with Crippen LogP contribution in [0.1, 0.15) is 56.0 Å². The van der Waals surface area contributed by atoms with E-state index < -0.39 is 10.0 Å². The van der Waals surface area contributed by atoms with E-state index in [1.54, 1.807) is 16.4 Å². The molecule has 1 saturated heterocycles. The highest BCUT2D eigenvalue weighted by Crippen LogP contribution is 2.40. The molecule has 206 valence electrons. The Balaban J connectivity index is 1.08. The normalized spacial score (nSPS) is 22.9. The third kappa shape index (κ3) is 5.76. The zero-order valence-electron chi connectivity index (χ0n) is 22.1. The summed E-state index contributed by atoms with van der Waals surface area (Å²) in [5, 5.41) is 2.79. The molecule has 0 spiro atoms. The highest BCUT2D eigenvalue weighted by molar-refractivity contribution is 7.89. The average Bonchev–Trinajstić information content (AvgIpc) is 3.42. The summed E-state index contributed by atoms with van der Waals surface area (Å²) >= 11 is 5.96. The van der Waals surface area contributed by atoms with Crippen LogP contribution in [0.15, 0.2) is 42.7 Å². The SMILES string of the molecule is Cc1nc(C2CCC(CS(=O)(=O)N3CCCC(COc4ccc(Cl)cc4)C3)CC2)c2c(cnc3[nH]ccc32)n1. The number of halogens is 1. The van der Waals surface area contributed by atoms with Crippen LogP contribution in [0.3, 0.4) is 0 Å². The Morgan fingerprint density at radius 2 is 1.85 bits per heavy atom. The third-order valence-corrected chi connectivity index (χ3v) is 10.5. The van der Waals surface area contributed by atoms with Crippen molar-refractivity contribution in [2.45, 2.75) is 51.4 Å². The lowest BCUT2D eigenvalue weighted by molar-refractivity contribution is 0.179. The first-order chi connectivity index (χ1) is 18.9. The van der Waals surface area contributed by atoms with Crippen molar-refractivity contribution in [3.8, 4) is 5.75 Å². The number of fused-ring (bicyclic) bond motifs is 3. The summed E-state index contributed by atoms with van der Waals surface area (Å²) < 4.78 is 34.5. The number of nitrogens with one attached hydrogen (secondary N) is 1. The van der Waals surface area contributed by atoms with Crippen LogP contribution in [0, 0.1) is 18.8 Å². The van der Waals surface area contributed by atoms with Gasteiger partial charge in [-0.25, -0.2) is 27.7 Å². The molecule has 1 aliphatic carbocycles. The Labute approximate surface area is 234 Å². The van der Waals surface area contributed by atoms with Crippen LogP contribution in [0.25, 0.3) is 21.9 Å². The molecule has 0 amide bonds. The number of benzene rings is 1. The van der Waals surface area contributed by atoms with E-state index in [0.29, 0.717) is 24.7 Å². The maximum absolute atomic E-state index is 13.4. The summed E-state index contributed by atoms with van der Waals surface area (Å²) in [6.45, 7) is 3.56. The topological polar surface area (TPSA) is 101 Å². The number of aryl methyl sites for hydroxylation is 1. The van der Waals surface area contributed by atoms with Crippen molar-refractivity contribution in [1.82, 2.24) is 24.2 Å². The van der Waals surface area contributed by atoms with Gasteiger partial charge in [0, 0.05) is 46.9 Å². The summed E-state index contributed by atoms with van der Waals surface area (Å²) in [6, 6.07) is 9.33. The number of aromatic nitrogens is 4. The van der Waals surface area contributed by atoms with E-state index in [9.17, 15) is 8.42 Å². The second-order valence-corrected chi connectivity index (χ2v) is 13.5. The second kappa shape index (κ2) is 11.0. The van der Waals surface area contributed by atoms with E-state index >= 15 is 0 Å². The van der Waals surface area contributed by atoms with Crippen molar-refractivity contribution in [3.63, 3.8) is 0 Å². The average molecular weight is 568 g/mol. The molecule has 0 radical (unpaired) electrons. The van der Waals surface area contributed by atoms with Gasteiger partial charge in [0.25, 0.3) is 0 Å². The number of rotatable bonds is 7. The molecule has 39 heavy (non-hydrogen) atoms. The standard InChI is InChI=1S/C29H34ClN5O3S/c1-19-33-26-15-32-29-25(12-13-31-29)27(26)28(34-19)22-6-4-20(5-7-22)18-39(36,37)35-14-2-3-21(16-35)17-38-24-10-8-23(30)9-11-24/h8-13,15,20-22H,2-7,14,16-18H2,1H3,(H,31,32). The Kier molecular flexibility index (Phi) is 7.48. The highest BCUT2D eigenvalue weighted by Gasteiger charge is 2.34. The molecule has 1 aromatic carbocycles. The van der Waals surface area contributed by atoms with Crippen LogP contribution in [0.4, 0.5) is 0 Å². The number of ether oxygens (including phenoxy) is 1. The summed E-state index contributed by atoms with van der Waals surface area (Å²) in [6.07, 6.45) is 9.17. The minimum Gasteiger partial charge on any atom is -0.493 e. The van der Waals surface area contributed by atoms with Gasteiger partial charge in [-0.05, 0) is 81.7 Å². The number of aromatic amines is 1. The number of hydrogen-bond acceptors (Lipinski definition) is 6. The molecule has 2 aliphatic rings. The predicted molar refractivity (Wildman–Crippen MR) is 154 cm³/mol. The molecule has 8 nitrogen and oxygen atoms in total. The Bertz CT molecular complexity index is 1570. The summed E-state index contributed by atoms with van der Waals surface area (Å²) in [4.78, 5) is 17.2. The van der Waals surface area contributed by atoms with E-state index in [-0.39, 0.29) is 23.5 Å². The van der Waals surface area contributed by atoms with Gasteiger partial charge in [0.1, 0.15) is 17.2 Å². The first-order valence-electron chi connectivity index (χ1n) is 13.8. The lowest BCUT2D eigenvalue weighted by atomic mass is 9.80. The van der Waals surface area contributed by atoms with Crippen molar-refractivity contribution in [1.29, 1.82) is 0 Å². The number of hydrogen-bond donors (Lipinski definition) is 1. The molecule has 4 heterocycles. The van der Waals surface area contributed by atoms with Crippen LogP contribution in [0.5, 0.6) is 5.75 Å². The first kappa shape index (κ1) is 26.5. The van der Waals surface area contributed by atoms with E-state index in [0.717, 1.165) is 77.7 Å². The van der Waals surface area contributed by atoms with Crippen molar-refractivity contribution >= 4 is 43.6 Å². The smallest absolute Gasteiger partial charge is 0.214 e. The van der Waals surface area contributed by atoms with Gasteiger partial charge >= 0.3 is 0 Å². The molecule has 1 saturated carbocycles. The fraction of sp³-hybridized carbons (Fsp3) is 0.483. The molecule has 3 aromatic heterocycles. The largest absolute Gasteiger partial charge is 0.493 e. The molecule has 1 atom stereocenters. The second-order valence-electron chi connectivity index (χ2n) is 11.0. The van der Waals surface area contributed by atoms with Crippen molar-refractivity contribution in [3.05, 3.63) is 59.3 Å². The van der Waals surface area contributed by atoms with Crippen LogP contribution in [-0.2, 0) is 10.0 Å². The van der Waals surface area contributed by atoms with E-state index in [1.165, 1.54) is 0 Å². The molecule has 1 aliphatic heterocycles. The molecule has 6 rings (SSSR count). The van der Waals surface area contributed by atoms with Gasteiger partial charge in [0.15, 0.2) is 0 Å². The molecule has 4 aromatic rings. The van der Waals surface area contributed by atoms with Crippen molar-refractivity contribution in [2.75, 3.05) is 25.4 Å². The fourth-order valence-corrected chi connectivity index (χ4v) is 8.35. The summed E-state index contributed by atoms with van der Waals surface area (Å²) in [5.41, 5.74) is 2.79. The van der Waals surface area contributed by atoms with Crippen molar-refractivity contribution < 1.29 is 13.2 Å². The number of piperidine rings is 1. The van der Waals surface area contributed by atoms with E-state index in [2.05, 4.69) is 15.0 Å². The third-order valence-electron chi connectivity index (χ3n) is 8.24. The number of H-pyrrole nitrogens is 1. The van der Waals surface area contributed by atoms with Gasteiger partial charge in [-0.15, -0.1) is 0 Å². The monoisotopic (exact) mass is 567 g/mol. The van der Waals surface area contributed by atoms with Crippen molar-refractivity contribution in [2.24, 2.45) is 11.8 Å². The summed E-state index contributed by atoms with van der Waals surface area (Å²) in [7, 11) is -3.33. The van der Waals surface area contributed by atoms with Crippen LogP contribution < -0.4 is 4.74 Å². The Hall–Kier alpha value is -2.75. The molecule has 1 N–H and O–H groups in total. The van der Waals surface area contributed by atoms with E-state index in [4.69, 9.17) is 21.3 Å². The maximum Gasteiger partial charge on any atom is 0.214 e. The Morgan fingerprint density at radius 1 is 1.05 bits per heavy atom. The first-order valence-corrected chi connectivity index (χ1v) is 15.8. The number of pyridine rings is 1. The fourth-order valence-electron chi connectivity index (χ4n) is 6.24. The summed E-state index contributed by atoms with van der Waals surface area (Å²) in [5.74, 6) is 2.38. The molecule has 2 fully saturated rings. The minimum absolute atomic E-state index is 0.167. The van der Waals surface area contributed by atoms with Gasteiger partial charge in [0.2, 0.25) is 10.0 Å². The molecule has 1 unspecified atom stereocenters. The minimum atomic E-state index is -3.33. The van der Waals surface area contributed by atoms with Crippen LogP contribution >= 0.6 is 11.6 Å². The van der Waals surface area contributed by atoms with Gasteiger partial charge in [-0.3, -0.25) is 0 Å². The van der Waals surface area contributed by atoms with E-state index in [1.807, 2.05) is 37.5 Å². The van der Waals surface area contributed by atoms with Gasteiger partial charge in [-0.1, -0.05) is 11.6 Å². The number of sulfonamides is 1. The highest BCUT2D eigenvalue weighted by atomic mass is 35.5. The zero-order valence-corrected chi connectivity index (χ0v) is 23.7. The van der Waals surface area contributed by atoms with Gasteiger partial charge in [0.05, 0.1) is 29.8 Å². The lowest BCUT2D eigenvalue weighted by Crippen LogP contribution is -2.43. The maximum atomic E-state index is 13.4. The van der Waals surface area contributed by atoms with Crippen LogP contribution in [-0.4, -0.2) is 58.1 Å². The molecule has 10 heteroatoms. The predicted octanol–water partition coefficient (Wildman–Crippen LogP) is 5.86. The van der Waals surface area contributed by atoms with Crippen LogP contribution in [0.2, 0.25) is 5.02 Å².